The molecule has 5 nitrogen and oxygen atoms in total. The summed E-state index contributed by atoms with van der Waals surface area (Å²) in [6.45, 7) is 3.44. The van der Waals surface area contributed by atoms with E-state index >= 15 is 0 Å². The van der Waals surface area contributed by atoms with E-state index in [2.05, 4.69) is 5.32 Å². The number of carbonyl (C=O) groups is 2. The van der Waals surface area contributed by atoms with Crippen LogP contribution in [0.2, 0.25) is 0 Å². The predicted octanol–water partition coefficient (Wildman–Crippen LogP) is -0.399. The highest BCUT2D eigenvalue weighted by molar-refractivity contribution is 7.36. The second kappa shape index (κ2) is 6.74. The Morgan fingerprint density at radius 2 is 2.14 bits per heavy atom. The maximum absolute atomic E-state index is 11.3. The van der Waals surface area contributed by atoms with Gasteiger partial charge in [0, 0.05) is 0 Å². The van der Waals surface area contributed by atoms with E-state index in [1.807, 2.05) is 6.66 Å². The van der Waals surface area contributed by atoms with Crippen molar-refractivity contribution in [2.45, 2.75) is 25.4 Å². The molecule has 0 saturated carbocycles. The topological polar surface area (TPSA) is 92.4 Å². The van der Waals surface area contributed by atoms with Crippen LogP contribution in [0.1, 0.15) is 13.3 Å². The Morgan fingerprint density at radius 3 is 2.57 bits per heavy atom. The molecule has 0 aliphatic heterocycles. The fourth-order valence-corrected chi connectivity index (χ4v) is 1.41. The fraction of sp³-hybridized carbons (Fsp3) is 0.750. The van der Waals surface area contributed by atoms with Gasteiger partial charge in [-0.05, 0) is 26.2 Å². The Labute approximate surface area is 85.2 Å². The molecule has 0 rings (SSSR count). The van der Waals surface area contributed by atoms with Crippen LogP contribution in [-0.4, -0.2) is 41.9 Å². The van der Waals surface area contributed by atoms with Gasteiger partial charge in [-0.15, -0.1) is 8.58 Å². The third-order valence-corrected chi connectivity index (χ3v) is 2.56. The van der Waals surface area contributed by atoms with Crippen LogP contribution in [0.15, 0.2) is 0 Å². The maximum atomic E-state index is 11.3. The zero-order valence-corrected chi connectivity index (χ0v) is 9.41. The molecule has 0 aromatic heterocycles. The summed E-state index contributed by atoms with van der Waals surface area (Å²) in [5.74, 6) is -1.44. The van der Waals surface area contributed by atoms with Gasteiger partial charge in [0.1, 0.15) is 6.04 Å². The van der Waals surface area contributed by atoms with Crippen LogP contribution in [0, 0.1) is 0 Å². The molecule has 82 valence electrons. The van der Waals surface area contributed by atoms with Crippen molar-refractivity contribution in [1.82, 2.24) is 5.32 Å². The molecular weight excluding hydrogens is 203 g/mol. The van der Waals surface area contributed by atoms with Gasteiger partial charge in [-0.25, -0.2) is 0 Å². The van der Waals surface area contributed by atoms with Crippen molar-refractivity contribution in [2.75, 3.05) is 12.8 Å². The molecular formula is C8H17N2O3P. The van der Waals surface area contributed by atoms with E-state index in [1.165, 1.54) is 6.92 Å². The van der Waals surface area contributed by atoms with Crippen LogP contribution in [0.5, 0.6) is 0 Å². The molecule has 3 unspecified atom stereocenters. The van der Waals surface area contributed by atoms with Crippen molar-refractivity contribution in [3.8, 4) is 0 Å². The molecule has 14 heavy (non-hydrogen) atoms. The van der Waals surface area contributed by atoms with Crippen molar-refractivity contribution in [3.63, 3.8) is 0 Å². The van der Waals surface area contributed by atoms with E-state index in [-0.39, 0.29) is 0 Å². The van der Waals surface area contributed by atoms with Gasteiger partial charge in [-0.2, -0.15) is 0 Å². The highest BCUT2D eigenvalue weighted by Gasteiger charge is 2.18. The highest BCUT2D eigenvalue weighted by Crippen LogP contribution is 2.05. The average Bonchev–Trinajstić information content (AvgIpc) is 2.13. The normalized spacial score (nSPS) is 15.4. The number of hydrogen-bond acceptors (Lipinski definition) is 3. The van der Waals surface area contributed by atoms with E-state index in [0.29, 0.717) is 6.42 Å². The molecule has 0 aromatic carbocycles. The molecule has 0 heterocycles. The number of amides is 1. The van der Waals surface area contributed by atoms with Gasteiger partial charge < -0.3 is 16.2 Å². The molecule has 0 fully saturated rings. The summed E-state index contributed by atoms with van der Waals surface area (Å²) in [6, 6.07) is -1.47. The Bertz CT molecular complexity index is 211. The van der Waals surface area contributed by atoms with Crippen LogP contribution < -0.4 is 11.1 Å². The van der Waals surface area contributed by atoms with Gasteiger partial charge in [-0.3, -0.25) is 9.59 Å². The van der Waals surface area contributed by atoms with Crippen LogP contribution in [0.3, 0.4) is 0 Å². The molecule has 0 aliphatic rings. The molecule has 0 bridgehead atoms. The second-order valence-corrected chi connectivity index (χ2v) is 4.27. The van der Waals surface area contributed by atoms with E-state index in [4.69, 9.17) is 10.8 Å². The zero-order chi connectivity index (χ0) is 11.1. The lowest BCUT2D eigenvalue weighted by atomic mass is 10.2. The second-order valence-electron chi connectivity index (χ2n) is 3.07. The van der Waals surface area contributed by atoms with Gasteiger partial charge in [0.25, 0.3) is 0 Å². The standard InChI is InChI=1S/C8H17N2O3P/c1-5(8(12)13)10-7(11)6(9)3-4-14-2/h5-6,14H,3-4,9H2,1-2H3,(H,10,11)(H,12,13). The first kappa shape index (κ1) is 13.3. The minimum absolute atomic E-state index is 0.391. The number of aliphatic carboxylic acids is 1. The predicted molar refractivity (Wildman–Crippen MR) is 56.9 cm³/mol. The smallest absolute Gasteiger partial charge is 0.325 e. The molecule has 6 heteroatoms. The Kier molecular flexibility index (Phi) is 6.41. The van der Waals surface area contributed by atoms with Gasteiger partial charge >= 0.3 is 5.97 Å². The summed E-state index contributed by atoms with van der Waals surface area (Å²) in [7, 11) is 0.758. The summed E-state index contributed by atoms with van der Waals surface area (Å²) in [4.78, 5) is 21.7. The molecule has 0 aliphatic carbocycles. The monoisotopic (exact) mass is 220 g/mol. The first-order valence-corrected chi connectivity index (χ1v) is 6.13. The van der Waals surface area contributed by atoms with Crippen LogP contribution in [0.25, 0.3) is 0 Å². The van der Waals surface area contributed by atoms with Crippen molar-refractivity contribution in [1.29, 1.82) is 0 Å². The quantitative estimate of drug-likeness (QED) is 0.531. The van der Waals surface area contributed by atoms with Crippen molar-refractivity contribution >= 4 is 20.5 Å². The number of hydrogen-bond donors (Lipinski definition) is 3. The van der Waals surface area contributed by atoms with E-state index in [1.54, 1.807) is 0 Å². The molecule has 0 radical (unpaired) electrons. The Balaban J connectivity index is 3.88. The van der Waals surface area contributed by atoms with Crippen molar-refractivity contribution in [3.05, 3.63) is 0 Å². The van der Waals surface area contributed by atoms with Crippen LogP contribution >= 0.6 is 8.58 Å². The number of rotatable bonds is 6. The first-order chi connectivity index (χ1) is 6.49. The third kappa shape index (κ3) is 5.14. The maximum Gasteiger partial charge on any atom is 0.325 e. The van der Waals surface area contributed by atoms with E-state index in [0.717, 1.165) is 14.7 Å². The lowest BCUT2D eigenvalue weighted by Crippen LogP contribution is -2.47. The summed E-state index contributed by atoms with van der Waals surface area (Å²) >= 11 is 0. The average molecular weight is 220 g/mol. The summed E-state index contributed by atoms with van der Waals surface area (Å²) in [5, 5.41) is 10.9. The van der Waals surface area contributed by atoms with Crippen LogP contribution in [0.4, 0.5) is 0 Å². The lowest BCUT2D eigenvalue weighted by molar-refractivity contribution is -0.141. The molecule has 0 spiro atoms. The number of nitrogens with one attached hydrogen (secondary N) is 1. The van der Waals surface area contributed by atoms with Gasteiger partial charge in [-0.1, -0.05) is 0 Å². The number of carbonyl (C=O) groups excluding carboxylic acids is 1. The minimum atomic E-state index is -1.05. The number of carboxylic acid groups (broad SMARTS) is 1. The minimum Gasteiger partial charge on any atom is -0.480 e. The number of carboxylic acids is 1. The first-order valence-electron chi connectivity index (χ1n) is 4.42. The SMILES string of the molecule is CPCCC(N)C(=O)NC(C)C(=O)O. The van der Waals surface area contributed by atoms with E-state index in [9.17, 15) is 9.59 Å². The fourth-order valence-electron chi connectivity index (χ4n) is 0.813. The number of nitrogens with two attached hydrogens (primary N) is 1. The molecule has 0 saturated heterocycles. The molecule has 4 N–H and O–H groups in total. The van der Waals surface area contributed by atoms with Crippen LogP contribution in [-0.2, 0) is 9.59 Å². The zero-order valence-electron chi connectivity index (χ0n) is 8.41. The van der Waals surface area contributed by atoms with Crippen molar-refractivity contribution < 1.29 is 14.7 Å². The van der Waals surface area contributed by atoms with Gasteiger partial charge in [0.05, 0.1) is 6.04 Å². The summed E-state index contributed by atoms with van der Waals surface area (Å²) in [5.41, 5.74) is 5.55. The largest absolute Gasteiger partial charge is 0.480 e. The Morgan fingerprint density at radius 1 is 1.57 bits per heavy atom. The van der Waals surface area contributed by atoms with E-state index < -0.39 is 24.0 Å². The summed E-state index contributed by atoms with van der Waals surface area (Å²) < 4.78 is 0. The molecule has 1 amide bonds. The molecule has 0 aromatic rings. The lowest BCUT2D eigenvalue weighted by Gasteiger charge is -2.14. The summed E-state index contributed by atoms with van der Waals surface area (Å²) in [6.07, 6.45) is 1.50. The highest BCUT2D eigenvalue weighted by atomic mass is 31.1. The van der Waals surface area contributed by atoms with Gasteiger partial charge in [0.15, 0.2) is 0 Å². The molecule has 3 atom stereocenters. The Hall–Kier alpha value is -0.670. The third-order valence-electron chi connectivity index (χ3n) is 1.77. The van der Waals surface area contributed by atoms with Gasteiger partial charge in [0.2, 0.25) is 5.91 Å². The van der Waals surface area contributed by atoms with Crippen molar-refractivity contribution in [2.24, 2.45) is 5.73 Å².